The van der Waals surface area contributed by atoms with E-state index in [2.05, 4.69) is 15.3 Å². The van der Waals surface area contributed by atoms with Gasteiger partial charge in [0.05, 0.1) is 13.3 Å². The SMILES string of the molecule is CN(C)CCCC(=O)OC[C@H]1C[C@@H](N2CNc3c2nc(N)[nH]c3=O)[C@@H]1CO.Cl. The summed E-state index contributed by atoms with van der Waals surface area (Å²) < 4.78 is 5.39. The van der Waals surface area contributed by atoms with Gasteiger partial charge < -0.3 is 30.7 Å². The Balaban J connectivity index is 0.00000280. The second-order valence-corrected chi connectivity index (χ2v) is 7.45. The van der Waals surface area contributed by atoms with Crippen LogP contribution in [0.4, 0.5) is 17.5 Å². The summed E-state index contributed by atoms with van der Waals surface area (Å²) in [5.41, 5.74) is 5.75. The second-order valence-electron chi connectivity index (χ2n) is 7.45. The number of nitrogen functional groups attached to an aromatic ring is 1. The molecule has 1 aliphatic carbocycles. The highest BCUT2D eigenvalue weighted by Crippen LogP contribution is 2.42. The van der Waals surface area contributed by atoms with E-state index in [1.165, 1.54) is 0 Å². The number of nitrogens with zero attached hydrogens (tertiary/aromatic N) is 3. The Morgan fingerprint density at radius 1 is 1.46 bits per heavy atom. The lowest BCUT2D eigenvalue weighted by atomic mass is 9.69. The van der Waals surface area contributed by atoms with Gasteiger partial charge in [-0.1, -0.05) is 0 Å². The van der Waals surface area contributed by atoms with E-state index in [0.29, 0.717) is 31.2 Å². The van der Waals surface area contributed by atoms with Gasteiger partial charge in [-0.25, -0.2) is 0 Å². The number of carbonyl (C=O) groups is 1. The molecule has 0 unspecified atom stereocenters. The van der Waals surface area contributed by atoms with Gasteiger partial charge in [-0.2, -0.15) is 4.98 Å². The minimum atomic E-state index is -0.303. The molecule has 3 atom stereocenters. The van der Waals surface area contributed by atoms with Gasteiger partial charge in [0.25, 0.3) is 5.56 Å². The largest absolute Gasteiger partial charge is 0.465 e. The predicted octanol–water partition coefficient (Wildman–Crippen LogP) is -0.155. The first-order chi connectivity index (χ1) is 12.9. The standard InChI is InChI=1S/C17H28N6O4.ClH/c1-22(2)5-3-4-13(25)27-8-10-6-12(11(10)7-24)23-9-19-14-15(23)20-17(18)21-16(14)26;/h10-12,19,24H,3-9H2,1-2H3,(H3,18,20,21,26);1H/t10-,11-,12-;/m1./s1. The number of aliphatic hydroxyl groups is 1. The van der Waals surface area contributed by atoms with E-state index < -0.39 is 0 Å². The molecule has 1 aliphatic heterocycles. The van der Waals surface area contributed by atoms with Crippen molar-refractivity contribution in [2.75, 3.05) is 56.5 Å². The number of halogens is 1. The Morgan fingerprint density at radius 2 is 2.21 bits per heavy atom. The zero-order valence-electron chi connectivity index (χ0n) is 16.2. The lowest BCUT2D eigenvalue weighted by molar-refractivity contribution is -0.148. The summed E-state index contributed by atoms with van der Waals surface area (Å²) in [4.78, 5) is 34.5. The monoisotopic (exact) mass is 416 g/mol. The number of fused-ring (bicyclic) bond motifs is 1. The van der Waals surface area contributed by atoms with Crippen LogP contribution < -0.4 is 21.5 Å². The van der Waals surface area contributed by atoms with E-state index in [9.17, 15) is 14.7 Å². The Morgan fingerprint density at radius 3 is 2.89 bits per heavy atom. The molecule has 1 aromatic rings. The summed E-state index contributed by atoms with van der Waals surface area (Å²) in [5.74, 6) is 0.427. The van der Waals surface area contributed by atoms with Gasteiger partial charge in [0.2, 0.25) is 5.95 Å². The Hall–Kier alpha value is -2.04. The highest BCUT2D eigenvalue weighted by molar-refractivity contribution is 5.85. The molecular weight excluding hydrogens is 388 g/mol. The molecule has 158 valence electrons. The molecule has 1 saturated carbocycles. The van der Waals surface area contributed by atoms with Crippen LogP contribution in [0.25, 0.3) is 0 Å². The first-order valence-corrected chi connectivity index (χ1v) is 9.22. The van der Waals surface area contributed by atoms with Crippen LogP contribution in [0.2, 0.25) is 0 Å². The highest BCUT2D eigenvalue weighted by Gasteiger charge is 2.46. The van der Waals surface area contributed by atoms with Crippen molar-refractivity contribution in [1.82, 2.24) is 14.9 Å². The average Bonchev–Trinajstić information content (AvgIpc) is 2.97. The van der Waals surface area contributed by atoms with E-state index in [1.807, 2.05) is 23.9 Å². The number of rotatable bonds is 8. The highest BCUT2D eigenvalue weighted by atomic mass is 35.5. The van der Waals surface area contributed by atoms with Crippen LogP contribution in [0.3, 0.4) is 0 Å². The molecule has 3 rings (SSSR count). The molecule has 10 nitrogen and oxygen atoms in total. The molecule has 0 amide bonds. The summed E-state index contributed by atoms with van der Waals surface area (Å²) in [6, 6.07) is 0.0230. The van der Waals surface area contributed by atoms with Crippen molar-refractivity contribution in [3.8, 4) is 0 Å². The number of nitrogens with two attached hydrogens (primary N) is 1. The number of aromatic nitrogens is 2. The van der Waals surface area contributed by atoms with Crippen LogP contribution in [0, 0.1) is 11.8 Å². The molecule has 11 heteroatoms. The van der Waals surface area contributed by atoms with E-state index in [1.54, 1.807) is 0 Å². The average molecular weight is 417 g/mol. The number of anilines is 3. The number of ether oxygens (including phenoxy) is 1. The maximum absolute atomic E-state index is 12.0. The number of aromatic amines is 1. The van der Waals surface area contributed by atoms with Crippen LogP contribution in [-0.4, -0.2) is 72.5 Å². The number of aliphatic hydroxyl groups excluding tert-OH is 1. The molecule has 5 N–H and O–H groups in total. The van der Waals surface area contributed by atoms with Crippen LogP contribution >= 0.6 is 12.4 Å². The second kappa shape index (κ2) is 9.44. The minimum absolute atomic E-state index is 0. The summed E-state index contributed by atoms with van der Waals surface area (Å²) in [6.07, 6.45) is 1.92. The topological polar surface area (TPSA) is 137 Å². The number of hydrogen-bond acceptors (Lipinski definition) is 9. The van der Waals surface area contributed by atoms with Crippen molar-refractivity contribution in [3.63, 3.8) is 0 Å². The lowest BCUT2D eigenvalue weighted by Crippen LogP contribution is -2.55. The van der Waals surface area contributed by atoms with E-state index in [0.717, 1.165) is 19.4 Å². The van der Waals surface area contributed by atoms with E-state index in [-0.39, 0.29) is 54.4 Å². The van der Waals surface area contributed by atoms with Crippen LogP contribution in [0.1, 0.15) is 19.3 Å². The Labute approximate surface area is 169 Å². The van der Waals surface area contributed by atoms with Crippen molar-refractivity contribution in [2.45, 2.75) is 25.3 Å². The fourth-order valence-corrected chi connectivity index (χ4v) is 3.77. The molecule has 1 fully saturated rings. The van der Waals surface area contributed by atoms with Crippen molar-refractivity contribution in [2.24, 2.45) is 11.8 Å². The number of H-pyrrole nitrogens is 1. The van der Waals surface area contributed by atoms with Crippen LogP contribution in [-0.2, 0) is 9.53 Å². The summed E-state index contributed by atoms with van der Waals surface area (Å²) in [5, 5.41) is 12.8. The molecule has 1 aromatic heterocycles. The lowest BCUT2D eigenvalue weighted by Gasteiger charge is -2.48. The fourth-order valence-electron chi connectivity index (χ4n) is 3.77. The third-order valence-electron chi connectivity index (χ3n) is 5.32. The van der Waals surface area contributed by atoms with Gasteiger partial charge >= 0.3 is 5.97 Å². The first-order valence-electron chi connectivity index (χ1n) is 9.22. The molecule has 28 heavy (non-hydrogen) atoms. The molecule has 0 bridgehead atoms. The Kier molecular flexibility index (Phi) is 7.50. The van der Waals surface area contributed by atoms with Crippen molar-refractivity contribution in [1.29, 1.82) is 0 Å². The number of carbonyl (C=O) groups excluding carboxylic acids is 1. The predicted molar refractivity (Wildman–Crippen MR) is 109 cm³/mol. The van der Waals surface area contributed by atoms with Crippen LogP contribution in [0.5, 0.6) is 0 Å². The molecule has 0 spiro atoms. The molecule has 0 radical (unpaired) electrons. The third-order valence-corrected chi connectivity index (χ3v) is 5.32. The van der Waals surface area contributed by atoms with Crippen LogP contribution in [0.15, 0.2) is 4.79 Å². The number of esters is 1. The number of hydrogen-bond donors (Lipinski definition) is 4. The summed E-state index contributed by atoms with van der Waals surface area (Å²) >= 11 is 0. The minimum Gasteiger partial charge on any atom is -0.465 e. The fraction of sp³-hybridized carbons (Fsp3) is 0.706. The molecule has 2 aliphatic rings. The zero-order chi connectivity index (χ0) is 19.6. The van der Waals surface area contributed by atoms with Crippen molar-refractivity contribution < 1.29 is 14.6 Å². The third kappa shape index (κ3) is 4.68. The molecule has 0 aromatic carbocycles. The summed E-state index contributed by atoms with van der Waals surface area (Å²) in [6.45, 7) is 1.57. The first kappa shape index (κ1) is 22.3. The van der Waals surface area contributed by atoms with Gasteiger partial charge in [-0.05, 0) is 33.5 Å². The van der Waals surface area contributed by atoms with Gasteiger partial charge in [0, 0.05) is 30.9 Å². The Bertz CT molecular complexity index is 743. The quantitative estimate of drug-likeness (QED) is 0.426. The maximum Gasteiger partial charge on any atom is 0.305 e. The van der Waals surface area contributed by atoms with E-state index >= 15 is 0 Å². The van der Waals surface area contributed by atoms with Crippen molar-refractivity contribution in [3.05, 3.63) is 10.4 Å². The van der Waals surface area contributed by atoms with E-state index in [4.69, 9.17) is 10.5 Å². The molecule has 0 saturated heterocycles. The maximum atomic E-state index is 12.0. The number of nitrogens with one attached hydrogen (secondary N) is 2. The van der Waals surface area contributed by atoms with Crippen molar-refractivity contribution >= 4 is 35.8 Å². The summed E-state index contributed by atoms with van der Waals surface area (Å²) in [7, 11) is 3.93. The smallest absolute Gasteiger partial charge is 0.305 e. The molecule has 2 heterocycles. The normalized spacial score (nSPS) is 22.9. The zero-order valence-corrected chi connectivity index (χ0v) is 17.0. The van der Waals surface area contributed by atoms with Gasteiger partial charge in [0.1, 0.15) is 5.69 Å². The van der Waals surface area contributed by atoms with Gasteiger partial charge in [-0.15, -0.1) is 12.4 Å². The van der Waals surface area contributed by atoms with Gasteiger partial charge in [-0.3, -0.25) is 14.6 Å². The molecular formula is C17H29ClN6O4. The van der Waals surface area contributed by atoms with Gasteiger partial charge in [0.15, 0.2) is 5.82 Å².